The molecule has 1 saturated carbocycles. The zero-order valence-corrected chi connectivity index (χ0v) is 11.3. The summed E-state index contributed by atoms with van der Waals surface area (Å²) in [6.07, 6.45) is 3.95. The number of amides is 1. The van der Waals surface area contributed by atoms with Gasteiger partial charge in [0.15, 0.2) is 5.82 Å². The van der Waals surface area contributed by atoms with Gasteiger partial charge in [0.1, 0.15) is 12.1 Å². The van der Waals surface area contributed by atoms with Crippen molar-refractivity contribution in [3.05, 3.63) is 41.9 Å². The molecule has 0 bridgehead atoms. The van der Waals surface area contributed by atoms with Crippen molar-refractivity contribution in [2.24, 2.45) is 5.92 Å². The van der Waals surface area contributed by atoms with E-state index in [9.17, 15) is 4.79 Å². The Kier molecular flexibility index (Phi) is 2.56. The van der Waals surface area contributed by atoms with Crippen LogP contribution in [0.1, 0.15) is 18.1 Å². The molecule has 2 atom stereocenters. The Bertz CT molecular complexity index is 766. The summed E-state index contributed by atoms with van der Waals surface area (Å²) < 4.78 is 6.26. The van der Waals surface area contributed by atoms with E-state index >= 15 is 0 Å². The maximum absolute atomic E-state index is 12.2. The molecular weight excluding hydrogens is 274 g/mol. The number of thiophene rings is 1. The molecule has 100 valence electrons. The minimum Gasteiger partial charge on any atom is -0.469 e. The van der Waals surface area contributed by atoms with Gasteiger partial charge in [0.25, 0.3) is 0 Å². The molecule has 0 saturated heterocycles. The summed E-state index contributed by atoms with van der Waals surface area (Å²) in [6.45, 7) is 0. The van der Waals surface area contributed by atoms with Crippen molar-refractivity contribution in [2.45, 2.75) is 12.3 Å². The molecule has 2 unspecified atom stereocenters. The number of furan rings is 1. The third kappa shape index (κ3) is 1.89. The van der Waals surface area contributed by atoms with Gasteiger partial charge in [0.2, 0.25) is 5.91 Å². The molecule has 0 aromatic carbocycles. The van der Waals surface area contributed by atoms with Crippen LogP contribution in [0.3, 0.4) is 0 Å². The molecule has 1 fully saturated rings. The number of hydrogen-bond donors (Lipinski definition) is 1. The number of aromatic nitrogens is 2. The maximum Gasteiger partial charge on any atom is 0.229 e. The number of carbonyl (C=O) groups is 1. The number of anilines is 1. The average Bonchev–Trinajstić information content (AvgIpc) is 2.91. The average molecular weight is 285 g/mol. The third-order valence-electron chi connectivity index (χ3n) is 3.52. The second kappa shape index (κ2) is 4.42. The SMILES string of the molecule is O=C(Nc1ncnc2ccsc12)C1CC1c1ccco1. The first-order chi connectivity index (χ1) is 9.83. The van der Waals surface area contributed by atoms with Crippen LogP contribution < -0.4 is 5.32 Å². The van der Waals surface area contributed by atoms with E-state index < -0.39 is 0 Å². The summed E-state index contributed by atoms with van der Waals surface area (Å²) in [6, 6.07) is 5.68. The normalized spacial score (nSPS) is 21.0. The molecule has 4 rings (SSSR count). The predicted octanol–water partition coefficient (Wildman–Crippen LogP) is 3.03. The first-order valence-electron chi connectivity index (χ1n) is 6.35. The van der Waals surface area contributed by atoms with Crippen molar-refractivity contribution >= 4 is 33.3 Å². The van der Waals surface area contributed by atoms with Crippen LogP contribution >= 0.6 is 11.3 Å². The van der Waals surface area contributed by atoms with Gasteiger partial charge in [-0.25, -0.2) is 9.97 Å². The van der Waals surface area contributed by atoms with Crippen molar-refractivity contribution in [2.75, 3.05) is 5.32 Å². The third-order valence-corrected chi connectivity index (χ3v) is 4.43. The zero-order valence-electron chi connectivity index (χ0n) is 10.4. The number of hydrogen-bond acceptors (Lipinski definition) is 5. The smallest absolute Gasteiger partial charge is 0.229 e. The highest BCUT2D eigenvalue weighted by molar-refractivity contribution is 7.17. The Hall–Kier alpha value is -2.21. The molecule has 3 aromatic rings. The van der Waals surface area contributed by atoms with Crippen molar-refractivity contribution in [3.8, 4) is 0 Å². The lowest BCUT2D eigenvalue weighted by molar-refractivity contribution is -0.117. The second-order valence-electron chi connectivity index (χ2n) is 4.81. The Morgan fingerprint density at radius 2 is 2.35 bits per heavy atom. The molecule has 0 spiro atoms. The fraction of sp³-hybridized carbons (Fsp3) is 0.214. The number of rotatable bonds is 3. The summed E-state index contributed by atoms with van der Waals surface area (Å²) in [4.78, 5) is 20.6. The fourth-order valence-electron chi connectivity index (χ4n) is 2.39. The van der Waals surface area contributed by atoms with E-state index in [2.05, 4.69) is 15.3 Å². The van der Waals surface area contributed by atoms with Crippen molar-refractivity contribution < 1.29 is 9.21 Å². The van der Waals surface area contributed by atoms with Gasteiger partial charge in [-0.05, 0) is 30.0 Å². The zero-order chi connectivity index (χ0) is 13.5. The highest BCUT2D eigenvalue weighted by Crippen LogP contribution is 2.48. The standard InChI is InChI=1S/C14H11N3O2S/c18-14(9-6-8(9)11-2-1-4-19-11)17-13-12-10(3-5-20-12)15-7-16-13/h1-5,7-9H,6H2,(H,15,16,17,18). The monoisotopic (exact) mass is 285 g/mol. The summed E-state index contributed by atoms with van der Waals surface area (Å²) in [5.41, 5.74) is 0.860. The number of carbonyl (C=O) groups excluding carboxylic acids is 1. The minimum atomic E-state index is -0.0221. The summed E-state index contributed by atoms with van der Waals surface area (Å²) in [5, 5.41) is 4.85. The van der Waals surface area contributed by atoms with Crippen LogP contribution in [0.5, 0.6) is 0 Å². The van der Waals surface area contributed by atoms with Crippen LogP contribution in [0.15, 0.2) is 40.6 Å². The lowest BCUT2D eigenvalue weighted by Gasteiger charge is -2.04. The van der Waals surface area contributed by atoms with Crippen LogP contribution in [0, 0.1) is 5.92 Å². The van der Waals surface area contributed by atoms with Crippen LogP contribution in [-0.4, -0.2) is 15.9 Å². The Balaban J connectivity index is 1.53. The molecule has 1 N–H and O–H groups in total. The van der Waals surface area contributed by atoms with Gasteiger partial charge in [0.05, 0.1) is 16.5 Å². The fourth-order valence-corrected chi connectivity index (χ4v) is 3.18. The van der Waals surface area contributed by atoms with E-state index in [1.807, 2.05) is 23.6 Å². The van der Waals surface area contributed by atoms with Crippen molar-refractivity contribution in [1.29, 1.82) is 0 Å². The van der Waals surface area contributed by atoms with Crippen molar-refractivity contribution in [1.82, 2.24) is 9.97 Å². The molecule has 5 nitrogen and oxygen atoms in total. The van der Waals surface area contributed by atoms with E-state index in [1.54, 1.807) is 6.26 Å². The highest BCUT2D eigenvalue weighted by Gasteiger charge is 2.46. The minimum absolute atomic E-state index is 0.000185. The van der Waals surface area contributed by atoms with E-state index in [1.165, 1.54) is 17.7 Å². The molecule has 1 amide bonds. The van der Waals surface area contributed by atoms with Gasteiger partial charge in [-0.3, -0.25) is 4.79 Å². The first kappa shape index (κ1) is 11.6. The van der Waals surface area contributed by atoms with E-state index in [0.29, 0.717) is 5.82 Å². The van der Waals surface area contributed by atoms with E-state index in [0.717, 1.165) is 22.4 Å². The van der Waals surface area contributed by atoms with Gasteiger partial charge in [-0.15, -0.1) is 11.3 Å². The van der Waals surface area contributed by atoms with Gasteiger partial charge in [0, 0.05) is 11.8 Å². The predicted molar refractivity (Wildman–Crippen MR) is 75.6 cm³/mol. The largest absolute Gasteiger partial charge is 0.469 e. The summed E-state index contributed by atoms with van der Waals surface area (Å²) in [5.74, 6) is 1.66. The van der Waals surface area contributed by atoms with Gasteiger partial charge < -0.3 is 9.73 Å². The molecule has 0 radical (unpaired) electrons. The molecule has 3 heterocycles. The maximum atomic E-state index is 12.2. The lowest BCUT2D eigenvalue weighted by Crippen LogP contribution is -2.15. The Labute approximate surface area is 118 Å². The molecule has 1 aliphatic rings. The number of fused-ring (bicyclic) bond motifs is 1. The topological polar surface area (TPSA) is 68.0 Å². The molecular formula is C14H11N3O2S. The highest BCUT2D eigenvalue weighted by atomic mass is 32.1. The van der Waals surface area contributed by atoms with Crippen LogP contribution in [-0.2, 0) is 4.79 Å². The van der Waals surface area contributed by atoms with Crippen LogP contribution in [0.2, 0.25) is 0 Å². The second-order valence-corrected chi connectivity index (χ2v) is 5.73. The number of nitrogens with zero attached hydrogens (tertiary/aromatic N) is 2. The van der Waals surface area contributed by atoms with E-state index in [4.69, 9.17) is 4.42 Å². The summed E-state index contributed by atoms with van der Waals surface area (Å²) >= 11 is 1.53. The number of nitrogens with one attached hydrogen (secondary N) is 1. The Morgan fingerprint density at radius 3 is 3.20 bits per heavy atom. The van der Waals surface area contributed by atoms with Crippen LogP contribution in [0.25, 0.3) is 10.2 Å². The van der Waals surface area contributed by atoms with Crippen LogP contribution in [0.4, 0.5) is 5.82 Å². The molecule has 6 heteroatoms. The van der Waals surface area contributed by atoms with E-state index in [-0.39, 0.29) is 17.7 Å². The summed E-state index contributed by atoms with van der Waals surface area (Å²) in [7, 11) is 0. The lowest BCUT2D eigenvalue weighted by atomic mass is 10.2. The van der Waals surface area contributed by atoms with Gasteiger partial charge in [-0.1, -0.05) is 0 Å². The molecule has 20 heavy (non-hydrogen) atoms. The molecule has 1 aliphatic carbocycles. The van der Waals surface area contributed by atoms with Gasteiger partial charge in [-0.2, -0.15) is 0 Å². The first-order valence-corrected chi connectivity index (χ1v) is 7.23. The Morgan fingerprint density at radius 1 is 1.40 bits per heavy atom. The quantitative estimate of drug-likeness (QED) is 0.803. The van der Waals surface area contributed by atoms with Gasteiger partial charge >= 0.3 is 0 Å². The molecule has 0 aliphatic heterocycles. The molecule has 3 aromatic heterocycles. The van der Waals surface area contributed by atoms with Crippen molar-refractivity contribution in [3.63, 3.8) is 0 Å².